The Kier molecular flexibility index (Phi) is 3.10. The van der Waals surface area contributed by atoms with Gasteiger partial charge in [-0.05, 0) is 12.5 Å². The predicted molar refractivity (Wildman–Crippen MR) is 65.1 cm³/mol. The van der Waals surface area contributed by atoms with Crippen LogP contribution in [-0.4, -0.2) is 14.8 Å². The van der Waals surface area contributed by atoms with Gasteiger partial charge in [-0.1, -0.05) is 18.5 Å². The van der Waals surface area contributed by atoms with E-state index in [-0.39, 0.29) is 0 Å². The summed E-state index contributed by atoms with van der Waals surface area (Å²) in [4.78, 5) is 3.94. The van der Waals surface area contributed by atoms with Crippen LogP contribution >= 0.6 is 11.6 Å². The second kappa shape index (κ2) is 4.53. The van der Waals surface area contributed by atoms with Crippen LogP contribution in [0.3, 0.4) is 0 Å². The smallest absolute Gasteiger partial charge is 0.0856 e. The van der Waals surface area contributed by atoms with Gasteiger partial charge in [-0.3, -0.25) is 9.67 Å². The van der Waals surface area contributed by atoms with E-state index >= 15 is 0 Å². The first kappa shape index (κ1) is 11.0. The van der Waals surface area contributed by atoms with E-state index in [2.05, 4.69) is 22.3 Å². The average molecular weight is 237 g/mol. The Balaban J connectivity index is 2.30. The number of pyridine rings is 1. The third-order valence-corrected chi connectivity index (χ3v) is 2.58. The van der Waals surface area contributed by atoms with E-state index in [9.17, 15) is 0 Å². The highest BCUT2D eigenvalue weighted by Crippen LogP contribution is 2.25. The number of rotatable bonds is 3. The molecule has 2 aromatic rings. The second-order valence-corrected chi connectivity index (χ2v) is 3.90. The van der Waals surface area contributed by atoms with Crippen molar-refractivity contribution < 1.29 is 0 Å². The maximum atomic E-state index is 6.02. The molecule has 0 saturated heterocycles. The van der Waals surface area contributed by atoms with E-state index < -0.39 is 0 Å². The quantitative estimate of drug-likeness (QED) is 0.891. The third-order valence-electron chi connectivity index (χ3n) is 2.28. The summed E-state index contributed by atoms with van der Waals surface area (Å²) < 4.78 is 1.79. The van der Waals surface area contributed by atoms with E-state index in [4.69, 9.17) is 11.6 Å². The van der Waals surface area contributed by atoms with Crippen molar-refractivity contribution in [3.05, 3.63) is 35.4 Å². The van der Waals surface area contributed by atoms with E-state index in [0.29, 0.717) is 5.02 Å². The van der Waals surface area contributed by atoms with Crippen molar-refractivity contribution in [1.29, 1.82) is 0 Å². The van der Waals surface area contributed by atoms with Gasteiger partial charge in [-0.15, -0.1) is 0 Å². The molecule has 0 aliphatic carbocycles. The third kappa shape index (κ3) is 2.17. The molecule has 0 saturated carbocycles. The minimum atomic E-state index is 0.605. The molecule has 0 amide bonds. The van der Waals surface area contributed by atoms with Crippen molar-refractivity contribution in [3.63, 3.8) is 0 Å². The Hall–Kier alpha value is -1.55. The second-order valence-electron chi connectivity index (χ2n) is 3.50. The van der Waals surface area contributed by atoms with E-state index in [1.807, 2.05) is 19.3 Å². The van der Waals surface area contributed by atoms with Crippen LogP contribution in [0.25, 0.3) is 0 Å². The van der Waals surface area contributed by atoms with Crippen LogP contribution in [0.1, 0.15) is 12.6 Å². The van der Waals surface area contributed by atoms with Gasteiger partial charge in [0, 0.05) is 25.6 Å². The van der Waals surface area contributed by atoms with Gasteiger partial charge in [0.05, 0.1) is 22.1 Å². The maximum Gasteiger partial charge on any atom is 0.0856 e. The molecule has 16 heavy (non-hydrogen) atoms. The lowest BCUT2D eigenvalue weighted by Crippen LogP contribution is -1.94. The summed E-state index contributed by atoms with van der Waals surface area (Å²) in [6.45, 7) is 2.07. The highest BCUT2D eigenvalue weighted by atomic mass is 35.5. The minimum absolute atomic E-state index is 0.605. The van der Waals surface area contributed by atoms with Crippen molar-refractivity contribution in [2.75, 3.05) is 5.32 Å². The summed E-state index contributed by atoms with van der Waals surface area (Å²) in [6, 6.07) is 1.84. The number of aromatic nitrogens is 3. The zero-order chi connectivity index (χ0) is 11.5. The highest BCUT2D eigenvalue weighted by molar-refractivity contribution is 6.33. The van der Waals surface area contributed by atoms with Gasteiger partial charge >= 0.3 is 0 Å². The molecular formula is C11H13ClN4. The van der Waals surface area contributed by atoms with Crippen molar-refractivity contribution in [3.8, 4) is 0 Å². The number of hydrogen-bond acceptors (Lipinski definition) is 3. The lowest BCUT2D eigenvalue weighted by molar-refractivity contribution is 0.746. The van der Waals surface area contributed by atoms with Gasteiger partial charge in [-0.2, -0.15) is 5.10 Å². The molecule has 4 nitrogen and oxygen atoms in total. The maximum absolute atomic E-state index is 6.02. The first-order chi connectivity index (χ1) is 7.70. The van der Waals surface area contributed by atoms with E-state index in [1.54, 1.807) is 17.1 Å². The summed E-state index contributed by atoms with van der Waals surface area (Å²) in [7, 11) is 1.90. The fourth-order valence-electron chi connectivity index (χ4n) is 1.52. The zero-order valence-corrected chi connectivity index (χ0v) is 9.99. The molecule has 2 rings (SSSR count). The molecule has 0 fully saturated rings. The molecule has 0 bridgehead atoms. The van der Waals surface area contributed by atoms with Crippen molar-refractivity contribution >= 4 is 23.0 Å². The van der Waals surface area contributed by atoms with Gasteiger partial charge in [0.2, 0.25) is 0 Å². The van der Waals surface area contributed by atoms with Crippen LogP contribution < -0.4 is 5.32 Å². The summed E-state index contributed by atoms with van der Waals surface area (Å²) in [6.07, 6.45) is 6.14. The van der Waals surface area contributed by atoms with Gasteiger partial charge in [0.15, 0.2) is 0 Å². The SMILES string of the molecule is CCc1nn(C)cc1Nc1ccncc1Cl. The molecule has 0 aliphatic rings. The molecule has 0 radical (unpaired) electrons. The first-order valence-electron chi connectivity index (χ1n) is 5.09. The number of aryl methyl sites for hydroxylation is 2. The van der Waals surface area contributed by atoms with Gasteiger partial charge in [-0.25, -0.2) is 0 Å². The fraction of sp³-hybridized carbons (Fsp3) is 0.273. The molecule has 2 aromatic heterocycles. The summed E-state index contributed by atoms with van der Waals surface area (Å²) in [5.41, 5.74) is 2.85. The van der Waals surface area contributed by atoms with Crippen molar-refractivity contribution in [2.24, 2.45) is 7.05 Å². The molecule has 0 spiro atoms. The largest absolute Gasteiger partial charge is 0.351 e. The lowest BCUT2D eigenvalue weighted by atomic mass is 10.3. The average Bonchev–Trinajstić information content (AvgIpc) is 2.62. The lowest BCUT2D eigenvalue weighted by Gasteiger charge is -2.06. The Labute approximate surface area is 99.3 Å². The van der Waals surface area contributed by atoms with Gasteiger partial charge in [0.25, 0.3) is 0 Å². The molecule has 0 unspecified atom stereocenters. The number of nitrogens with one attached hydrogen (secondary N) is 1. The summed E-state index contributed by atoms with van der Waals surface area (Å²) >= 11 is 6.02. The number of hydrogen-bond donors (Lipinski definition) is 1. The Morgan fingerprint density at radius 1 is 1.44 bits per heavy atom. The normalized spacial score (nSPS) is 10.4. The predicted octanol–water partition coefficient (Wildman–Crippen LogP) is 2.77. The molecule has 0 aliphatic heterocycles. The first-order valence-corrected chi connectivity index (χ1v) is 5.47. The van der Waals surface area contributed by atoms with Crippen molar-refractivity contribution in [2.45, 2.75) is 13.3 Å². The molecule has 84 valence electrons. The minimum Gasteiger partial charge on any atom is -0.351 e. The molecule has 2 heterocycles. The molecule has 1 N–H and O–H groups in total. The monoisotopic (exact) mass is 236 g/mol. The Morgan fingerprint density at radius 3 is 2.94 bits per heavy atom. The topological polar surface area (TPSA) is 42.7 Å². The fourth-order valence-corrected chi connectivity index (χ4v) is 1.69. The van der Waals surface area contributed by atoms with Crippen LogP contribution in [-0.2, 0) is 13.5 Å². The molecule has 0 atom stereocenters. The highest BCUT2D eigenvalue weighted by Gasteiger charge is 2.07. The van der Waals surface area contributed by atoms with Crippen LogP contribution in [0, 0.1) is 0 Å². The zero-order valence-electron chi connectivity index (χ0n) is 9.24. The molecule has 0 aromatic carbocycles. The van der Waals surface area contributed by atoms with Crippen LogP contribution in [0.4, 0.5) is 11.4 Å². The number of halogens is 1. The molecular weight excluding hydrogens is 224 g/mol. The van der Waals surface area contributed by atoms with Crippen LogP contribution in [0.5, 0.6) is 0 Å². The van der Waals surface area contributed by atoms with Gasteiger partial charge < -0.3 is 5.32 Å². The van der Waals surface area contributed by atoms with Crippen LogP contribution in [0.2, 0.25) is 5.02 Å². The summed E-state index contributed by atoms with van der Waals surface area (Å²) in [5, 5.41) is 8.21. The Bertz CT molecular complexity index is 492. The van der Waals surface area contributed by atoms with E-state index in [0.717, 1.165) is 23.5 Å². The van der Waals surface area contributed by atoms with E-state index in [1.165, 1.54) is 0 Å². The Morgan fingerprint density at radius 2 is 2.25 bits per heavy atom. The van der Waals surface area contributed by atoms with Crippen LogP contribution in [0.15, 0.2) is 24.7 Å². The van der Waals surface area contributed by atoms with Gasteiger partial charge in [0.1, 0.15) is 0 Å². The molecule has 5 heteroatoms. The standard InChI is InChI=1S/C11H13ClN4/c1-3-9-11(7-16(2)15-9)14-10-4-5-13-6-8(10)12/h4-7H,3H2,1-2H3,(H,13,14). The number of anilines is 2. The number of nitrogens with zero attached hydrogens (tertiary/aromatic N) is 3. The summed E-state index contributed by atoms with van der Waals surface area (Å²) in [5.74, 6) is 0. The van der Waals surface area contributed by atoms with Crippen molar-refractivity contribution in [1.82, 2.24) is 14.8 Å².